The summed E-state index contributed by atoms with van der Waals surface area (Å²) in [6.07, 6.45) is 8.37. The van der Waals surface area contributed by atoms with E-state index in [0.29, 0.717) is 5.56 Å². The highest BCUT2D eigenvalue weighted by atomic mass is 16.4. The predicted molar refractivity (Wildman–Crippen MR) is 93.7 cm³/mol. The molecule has 3 aliphatic rings. The quantitative estimate of drug-likeness (QED) is 0.626. The summed E-state index contributed by atoms with van der Waals surface area (Å²) in [4.78, 5) is 25.5. The number of carboxylic acid groups (broad SMARTS) is 1. The van der Waals surface area contributed by atoms with E-state index in [-0.39, 0.29) is 17.6 Å². The first-order chi connectivity index (χ1) is 12.2. The second kappa shape index (κ2) is 6.78. The molecular weight excluding hydrogens is 312 g/mol. The van der Waals surface area contributed by atoms with Gasteiger partial charge in [-0.1, -0.05) is 54.3 Å². The molecule has 0 radical (unpaired) electrons. The highest BCUT2D eigenvalue weighted by Crippen LogP contribution is 2.53. The van der Waals surface area contributed by atoms with Gasteiger partial charge in [-0.2, -0.15) is 0 Å². The number of carbonyl (C=O) groups excluding carboxylic acids is 2. The number of benzene rings is 1. The molecule has 3 heteroatoms. The normalized spacial score (nSPS) is 31.8. The third-order valence-corrected chi connectivity index (χ3v) is 6.62. The molecule has 0 unspecified atom stereocenters. The highest BCUT2D eigenvalue weighted by molar-refractivity contribution is 6.00. The van der Waals surface area contributed by atoms with Crippen LogP contribution in [0.25, 0.3) is 0 Å². The van der Waals surface area contributed by atoms with Crippen LogP contribution in [0, 0.1) is 23.7 Å². The van der Waals surface area contributed by atoms with Crippen LogP contribution >= 0.6 is 0 Å². The lowest BCUT2D eigenvalue weighted by Gasteiger charge is -2.49. The van der Waals surface area contributed by atoms with Crippen LogP contribution < -0.4 is 5.11 Å². The van der Waals surface area contributed by atoms with Gasteiger partial charge in [-0.25, -0.2) is 0 Å². The molecule has 0 bridgehead atoms. The van der Waals surface area contributed by atoms with Crippen LogP contribution in [0.5, 0.6) is 0 Å². The van der Waals surface area contributed by atoms with Crippen molar-refractivity contribution in [1.82, 2.24) is 0 Å². The molecule has 0 amide bonds. The first-order valence-electron chi connectivity index (χ1n) is 9.70. The van der Waals surface area contributed by atoms with Crippen LogP contribution in [-0.2, 0) is 4.79 Å². The van der Waals surface area contributed by atoms with Crippen LogP contribution in [0.2, 0.25) is 0 Å². The zero-order valence-electron chi connectivity index (χ0n) is 14.6. The fourth-order valence-electron chi connectivity index (χ4n) is 5.62. The molecule has 0 spiro atoms. The topological polar surface area (TPSA) is 57.2 Å². The van der Waals surface area contributed by atoms with Gasteiger partial charge in [0.15, 0.2) is 5.78 Å². The van der Waals surface area contributed by atoms with E-state index in [9.17, 15) is 14.7 Å². The van der Waals surface area contributed by atoms with Crippen molar-refractivity contribution in [2.24, 2.45) is 23.7 Å². The summed E-state index contributed by atoms with van der Waals surface area (Å²) in [5.74, 6) is -2.01. The van der Waals surface area contributed by atoms with Crippen molar-refractivity contribution in [3.63, 3.8) is 0 Å². The number of carbonyl (C=O) groups is 2. The average molecular weight is 337 g/mol. The van der Waals surface area contributed by atoms with Crippen molar-refractivity contribution in [2.45, 2.75) is 51.4 Å². The zero-order valence-corrected chi connectivity index (χ0v) is 14.6. The molecule has 1 aromatic carbocycles. The van der Waals surface area contributed by atoms with Crippen molar-refractivity contribution in [3.05, 3.63) is 47.0 Å². The summed E-state index contributed by atoms with van der Waals surface area (Å²) >= 11 is 0. The van der Waals surface area contributed by atoms with E-state index in [0.717, 1.165) is 44.9 Å². The van der Waals surface area contributed by atoms with Crippen LogP contribution in [0.3, 0.4) is 0 Å². The number of Topliss-reactive ketones (excluding diaryl/α,β-unsaturated/α-hetero) is 1. The molecule has 4 atom stereocenters. The van der Waals surface area contributed by atoms with E-state index in [2.05, 4.69) is 0 Å². The molecule has 132 valence electrons. The Morgan fingerprint density at radius 1 is 0.800 bits per heavy atom. The minimum atomic E-state index is -1.02. The summed E-state index contributed by atoms with van der Waals surface area (Å²) in [5.41, 5.74) is 3.45. The second-order valence-electron chi connectivity index (χ2n) is 7.86. The minimum Gasteiger partial charge on any atom is -0.550 e. The molecule has 25 heavy (non-hydrogen) atoms. The van der Waals surface area contributed by atoms with E-state index in [1.807, 2.05) is 30.3 Å². The SMILES string of the molecule is O=C([O-])[C@@H]1[C@H](C(=O)c2ccccc2)[C@@H]2CCCCC2=C2CCCC[C@@H]21. The average Bonchev–Trinajstić information content (AvgIpc) is 2.67. The zero-order chi connectivity index (χ0) is 17.4. The standard InChI is InChI=1S/C22H26O3/c23-21(14-8-2-1-3-9-14)19-17-12-6-4-10-15(17)16-11-5-7-13-18(16)20(19)22(24)25/h1-3,8-9,17-20H,4-7,10-13H2,(H,24,25)/p-1/t17-,18+,19-,20+/m1/s1. The van der Waals surface area contributed by atoms with Crippen LogP contribution in [0.1, 0.15) is 61.7 Å². The van der Waals surface area contributed by atoms with Crippen molar-refractivity contribution >= 4 is 11.8 Å². The molecule has 0 aromatic heterocycles. The first-order valence-corrected chi connectivity index (χ1v) is 9.70. The Morgan fingerprint density at radius 3 is 1.92 bits per heavy atom. The number of fused-ring (bicyclic) bond motifs is 2. The van der Waals surface area contributed by atoms with Gasteiger partial charge in [0, 0.05) is 23.4 Å². The molecule has 2 saturated carbocycles. The van der Waals surface area contributed by atoms with Gasteiger partial charge in [0.25, 0.3) is 0 Å². The Kier molecular flexibility index (Phi) is 4.49. The smallest absolute Gasteiger partial charge is 0.167 e. The molecule has 0 heterocycles. The number of ketones is 1. The monoisotopic (exact) mass is 337 g/mol. The molecule has 2 fully saturated rings. The first kappa shape index (κ1) is 16.6. The Balaban J connectivity index is 1.81. The maximum absolute atomic E-state index is 13.3. The molecule has 4 rings (SSSR count). The molecule has 3 nitrogen and oxygen atoms in total. The Hall–Kier alpha value is -1.90. The number of hydrogen-bond acceptors (Lipinski definition) is 3. The van der Waals surface area contributed by atoms with E-state index in [4.69, 9.17) is 0 Å². The molecule has 0 saturated heterocycles. The Morgan fingerprint density at radius 2 is 1.36 bits per heavy atom. The minimum absolute atomic E-state index is 0.00354. The summed E-state index contributed by atoms with van der Waals surface area (Å²) in [5, 5.41) is 12.1. The van der Waals surface area contributed by atoms with Crippen molar-refractivity contribution in [2.75, 3.05) is 0 Å². The highest BCUT2D eigenvalue weighted by Gasteiger charge is 2.48. The van der Waals surface area contributed by atoms with Crippen molar-refractivity contribution in [3.8, 4) is 0 Å². The van der Waals surface area contributed by atoms with Crippen LogP contribution in [-0.4, -0.2) is 11.8 Å². The second-order valence-corrected chi connectivity index (χ2v) is 7.86. The van der Waals surface area contributed by atoms with Gasteiger partial charge >= 0.3 is 0 Å². The maximum atomic E-state index is 13.3. The van der Waals surface area contributed by atoms with Gasteiger partial charge in [-0.3, -0.25) is 4.79 Å². The molecule has 1 aromatic rings. The number of allylic oxidation sites excluding steroid dienone is 2. The third-order valence-electron chi connectivity index (χ3n) is 6.62. The van der Waals surface area contributed by atoms with Gasteiger partial charge in [-0.15, -0.1) is 0 Å². The van der Waals surface area contributed by atoms with Crippen molar-refractivity contribution in [1.29, 1.82) is 0 Å². The summed E-state index contributed by atoms with van der Waals surface area (Å²) < 4.78 is 0. The number of hydrogen-bond donors (Lipinski definition) is 0. The lowest BCUT2D eigenvalue weighted by molar-refractivity contribution is -0.315. The largest absolute Gasteiger partial charge is 0.550 e. The summed E-state index contributed by atoms with van der Waals surface area (Å²) in [6.45, 7) is 0. The predicted octanol–water partition coefficient (Wildman–Crippen LogP) is 3.54. The lowest BCUT2D eigenvalue weighted by Crippen LogP contribution is -2.50. The van der Waals surface area contributed by atoms with Gasteiger partial charge in [0.1, 0.15) is 0 Å². The maximum Gasteiger partial charge on any atom is 0.167 e. The van der Waals surface area contributed by atoms with Gasteiger partial charge in [0.05, 0.1) is 0 Å². The number of carboxylic acids is 1. The van der Waals surface area contributed by atoms with Crippen molar-refractivity contribution < 1.29 is 14.7 Å². The molecule has 0 N–H and O–H groups in total. The van der Waals surface area contributed by atoms with E-state index in [1.54, 1.807) is 0 Å². The van der Waals surface area contributed by atoms with Gasteiger partial charge < -0.3 is 9.90 Å². The summed E-state index contributed by atoms with van der Waals surface area (Å²) in [7, 11) is 0. The summed E-state index contributed by atoms with van der Waals surface area (Å²) in [6, 6.07) is 9.23. The lowest BCUT2D eigenvalue weighted by atomic mass is 9.56. The fraction of sp³-hybridized carbons (Fsp3) is 0.545. The molecule has 3 aliphatic carbocycles. The number of rotatable bonds is 3. The van der Waals surface area contributed by atoms with Gasteiger partial charge in [0.2, 0.25) is 0 Å². The van der Waals surface area contributed by atoms with E-state index < -0.39 is 17.8 Å². The molecular formula is C22H25O3-. The Bertz CT molecular complexity index is 703. The van der Waals surface area contributed by atoms with E-state index in [1.165, 1.54) is 17.6 Å². The van der Waals surface area contributed by atoms with E-state index >= 15 is 0 Å². The Labute approximate surface area is 149 Å². The number of aliphatic carboxylic acids is 1. The molecule has 0 aliphatic heterocycles. The van der Waals surface area contributed by atoms with Crippen LogP contribution in [0.15, 0.2) is 41.5 Å². The van der Waals surface area contributed by atoms with Crippen LogP contribution in [0.4, 0.5) is 0 Å². The third kappa shape index (κ3) is 2.84. The fourth-order valence-corrected chi connectivity index (χ4v) is 5.62. The van der Waals surface area contributed by atoms with Gasteiger partial charge in [-0.05, 0) is 50.4 Å².